The van der Waals surface area contributed by atoms with E-state index < -0.39 is 32.7 Å². The highest BCUT2D eigenvalue weighted by Crippen LogP contribution is 2.49. The van der Waals surface area contributed by atoms with Crippen molar-refractivity contribution in [2.24, 2.45) is 17.8 Å². The van der Waals surface area contributed by atoms with Gasteiger partial charge < -0.3 is 14.4 Å². The van der Waals surface area contributed by atoms with Crippen LogP contribution in [-0.4, -0.2) is 106 Å². The predicted octanol–water partition coefficient (Wildman–Crippen LogP) is 6.68. The van der Waals surface area contributed by atoms with Crippen molar-refractivity contribution >= 4 is 33.2 Å². The lowest BCUT2D eigenvalue weighted by molar-refractivity contribution is -0.119. The van der Waals surface area contributed by atoms with Crippen molar-refractivity contribution in [3.8, 4) is 5.75 Å². The number of methoxy groups -OCH3 is 1. The summed E-state index contributed by atoms with van der Waals surface area (Å²) in [5.74, 6) is -2.59. The minimum atomic E-state index is -4.02. The maximum atomic E-state index is 14.6. The Kier molecular flexibility index (Phi) is 10.6. The molecular formula is C42H55ClF2N4O5S. The quantitative estimate of drug-likeness (QED) is 0.344. The number of nitrogens with one attached hydrogen (secondary N) is 1. The minimum absolute atomic E-state index is 0.0826. The molecular weight excluding hydrogens is 746 g/mol. The Morgan fingerprint density at radius 2 is 1.89 bits per heavy atom. The van der Waals surface area contributed by atoms with E-state index in [1.165, 1.54) is 11.1 Å². The predicted molar refractivity (Wildman–Crippen MR) is 211 cm³/mol. The van der Waals surface area contributed by atoms with E-state index in [4.69, 9.17) is 21.1 Å². The lowest BCUT2D eigenvalue weighted by Crippen LogP contribution is -2.62. The molecule has 6 aliphatic rings. The molecule has 1 saturated carbocycles. The van der Waals surface area contributed by atoms with Crippen LogP contribution in [0.2, 0.25) is 5.02 Å². The molecule has 2 bridgehead atoms. The average Bonchev–Trinajstić information content (AvgIpc) is 3.28. The van der Waals surface area contributed by atoms with Crippen molar-refractivity contribution in [1.82, 2.24) is 14.5 Å². The number of carbonyl (C=O) groups excluding carboxylic acids is 1. The number of carbonyl (C=O) groups is 1. The van der Waals surface area contributed by atoms with Crippen molar-refractivity contribution in [2.75, 3.05) is 64.4 Å². The summed E-state index contributed by atoms with van der Waals surface area (Å²) in [5.41, 5.74) is 2.47. The molecule has 9 nitrogen and oxygen atoms in total. The van der Waals surface area contributed by atoms with Crippen LogP contribution in [-0.2, 0) is 26.6 Å². The zero-order valence-corrected chi connectivity index (χ0v) is 33.8. The molecule has 4 aliphatic heterocycles. The molecule has 300 valence electrons. The van der Waals surface area contributed by atoms with Crippen LogP contribution in [0, 0.1) is 17.8 Å². The van der Waals surface area contributed by atoms with Crippen molar-refractivity contribution < 1.29 is 31.5 Å². The van der Waals surface area contributed by atoms with Gasteiger partial charge in [-0.1, -0.05) is 36.7 Å². The molecule has 7 atom stereocenters. The summed E-state index contributed by atoms with van der Waals surface area (Å²) in [4.78, 5) is 20.6. The molecule has 1 spiro atoms. The number of hydrogen-bond donors (Lipinski definition) is 1. The standard InChI is InChI=1S/C42H55ClF2N4O5S/c1-28-6-4-15-41(53-3,26-47-18-19-48-17-16-42(44,45)22-34(48)24-47)36-11-8-32(36)23-49-25-40(14-5-7-30-20-33(43)10-12-35(30)40)27-54-38-13-9-31(21-37(38)49)39(50)46-55(51,52)29(28)2/h4,9-10,12-13,15,20-21,28-29,32,34,36H,5-8,11,14,16-19,22-27H2,1-3H3,(H,46,50)/b15-4+/t28-,29+,32-,34?,36+,40-,41-/m0/s1. The normalized spacial score (nSPS) is 35.6. The van der Waals surface area contributed by atoms with Gasteiger partial charge in [0.05, 0.1) is 17.5 Å². The fourth-order valence-electron chi connectivity index (χ4n) is 10.5. The van der Waals surface area contributed by atoms with Gasteiger partial charge in [-0.15, -0.1) is 0 Å². The molecule has 4 heterocycles. The summed E-state index contributed by atoms with van der Waals surface area (Å²) in [5, 5.41) is -0.128. The number of piperidine rings is 1. The first kappa shape index (κ1) is 39.1. The molecule has 2 aliphatic carbocycles. The second-order valence-electron chi connectivity index (χ2n) is 17.4. The SMILES string of the molecule is CO[C@]1(CN2CCN3CCC(F)(F)CC3C2)/C=C/C[C@H](C)[C@@H](C)S(=O)(=O)NC(=O)c2ccc3c(c2)N(C[C@@H]2CC[C@H]21)C[C@@]1(CCCc2cc(Cl)ccc21)CO3. The van der Waals surface area contributed by atoms with E-state index in [9.17, 15) is 22.0 Å². The van der Waals surface area contributed by atoms with Crippen LogP contribution in [0.1, 0.15) is 80.3 Å². The summed E-state index contributed by atoms with van der Waals surface area (Å²) in [6, 6.07) is 11.2. The van der Waals surface area contributed by atoms with Gasteiger partial charge >= 0.3 is 0 Å². The molecule has 1 unspecified atom stereocenters. The van der Waals surface area contributed by atoms with E-state index >= 15 is 0 Å². The molecule has 3 fully saturated rings. The van der Waals surface area contributed by atoms with Crippen LogP contribution in [0.5, 0.6) is 5.75 Å². The summed E-state index contributed by atoms with van der Waals surface area (Å²) in [6.45, 7) is 8.40. The first-order valence-corrected chi connectivity index (χ1v) is 22.1. The summed E-state index contributed by atoms with van der Waals surface area (Å²) >= 11 is 6.49. The number of fused-ring (bicyclic) bond motifs is 5. The first-order valence-electron chi connectivity index (χ1n) is 20.1. The van der Waals surface area contributed by atoms with Crippen molar-refractivity contribution in [1.29, 1.82) is 0 Å². The van der Waals surface area contributed by atoms with Gasteiger partial charge in [0.25, 0.3) is 11.8 Å². The number of halogens is 3. The number of sulfonamides is 1. The summed E-state index contributed by atoms with van der Waals surface area (Å²) in [7, 11) is -2.26. The topological polar surface area (TPSA) is 91.4 Å². The average molecular weight is 801 g/mol. The molecule has 55 heavy (non-hydrogen) atoms. The zero-order chi connectivity index (χ0) is 38.8. The molecule has 13 heteroatoms. The van der Waals surface area contributed by atoms with Crippen LogP contribution >= 0.6 is 11.6 Å². The highest BCUT2D eigenvalue weighted by atomic mass is 35.5. The Bertz CT molecular complexity index is 1930. The van der Waals surface area contributed by atoms with E-state index in [1.807, 2.05) is 19.1 Å². The second-order valence-corrected chi connectivity index (χ2v) is 19.9. The van der Waals surface area contributed by atoms with Crippen LogP contribution < -0.4 is 14.4 Å². The molecule has 2 saturated heterocycles. The molecule has 1 N–H and O–H groups in total. The van der Waals surface area contributed by atoms with Crippen molar-refractivity contribution in [3.05, 3.63) is 70.3 Å². The maximum Gasteiger partial charge on any atom is 0.264 e. The van der Waals surface area contributed by atoms with E-state index in [2.05, 4.69) is 37.6 Å². The van der Waals surface area contributed by atoms with E-state index in [0.717, 1.165) is 50.9 Å². The van der Waals surface area contributed by atoms with E-state index in [0.29, 0.717) is 56.5 Å². The number of piperazine rings is 1. The number of allylic oxidation sites excluding steroid dienone is 1. The lowest BCUT2D eigenvalue weighted by Gasteiger charge is -2.53. The van der Waals surface area contributed by atoms with Crippen LogP contribution in [0.15, 0.2) is 48.6 Å². The van der Waals surface area contributed by atoms with Crippen LogP contribution in [0.4, 0.5) is 14.5 Å². The van der Waals surface area contributed by atoms with Gasteiger partial charge in [0.1, 0.15) is 11.4 Å². The number of amides is 1. The summed E-state index contributed by atoms with van der Waals surface area (Å²) in [6.07, 6.45) is 9.25. The van der Waals surface area contributed by atoms with E-state index in [-0.39, 0.29) is 47.6 Å². The maximum absolute atomic E-state index is 14.6. The van der Waals surface area contributed by atoms with Gasteiger partial charge in [-0.25, -0.2) is 21.9 Å². The molecule has 2 aromatic carbocycles. The van der Waals surface area contributed by atoms with Gasteiger partial charge in [0.2, 0.25) is 10.0 Å². The Morgan fingerprint density at radius 3 is 2.67 bits per heavy atom. The highest BCUT2D eigenvalue weighted by Gasteiger charge is 2.51. The summed E-state index contributed by atoms with van der Waals surface area (Å²) < 4.78 is 72.2. The number of benzene rings is 2. The zero-order valence-electron chi connectivity index (χ0n) is 32.2. The third kappa shape index (κ3) is 7.55. The van der Waals surface area contributed by atoms with Gasteiger partial charge in [0.15, 0.2) is 0 Å². The number of ether oxygens (including phenoxy) is 2. The van der Waals surface area contributed by atoms with Crippen molar-refractivity contribution in [3.63, 3.8) is 0 Å². The Labute approximate surface area is 329 Å². The number of nitrogens with zero attached hydrogens (tertiary/aromatic N) is 3. The van der Waals surface area contributed by atoms with E-state index in [1.54, 1.807) is 32.2 Å². The van der Waals surface area contributed by atoms with Gasteiger partial charge in [-0.3, -0.25) is 14.6 Å². The molecule has 2 aromatic rings. The second kappa shape index (κ2) is 14.9. The third-order valence-corrected chi connectivity index (χ3v) is 16.2. The number of aryl methyl sites for hydroxylation is 1. The highest BCUT2D eigenvalue weighted by molar-refractivity contribution is 7.90. The number of anilines is 1. The number of alkyl halides is 2. The Balaban J connectivity index is 1.18. The van der Waals surface area contributed by atoms with Crippen LogP contribution in [0.3, 0.4) is 0 Å². The minimum Gasteiger partial charge on any atom is -0.490 e. The number of hydrogen-bond acceptors (Lipinski definition) is 8. The fourth-order valence-corrected chi connectivity index (χ4v) is 12.0. The van der Waals surface area contributed by atoms with Crippen LogP contribution in [0.25, 0.3) is 0 Å². The van der Waals surface area contributed by atoms with Gasteiger partial charge in [0, 0.05) is 87.8 Å². The third-order valence-electron chi connectivity index (χ3n) is 14.1. The Morgan fingerprint density at radius 1 is 1.05 bits per heavy atom. The fraction of sp³-hybridized carbons (Fsp3) is 0.643. The Hall–Kier alpha value is -2.77. The number of rotatable bonds is 3. The largest absolute Gasteiger partial charge is 0.490 e. The molecule has 1 amide bonds. The smallest absolute Gasteiger partial charge is 0.264 e. The monoisotopic (exact) mass is 800 g/mol. The lowest BCUT2D eigenvalue weighted by atomic mass is 9.63. The van der Waals surface area contributed by atoms with Gasteiger partial charge in [-0.05, 0) is 105 Å². The molecule has 0 aromatic heterocycles. The van der Waals surface area contributed by atoms with Gasteiger partial charge in [-0.2, -0.15) is 0 Å². The molecule has 8 rings (SSSR count). The van der Waals surface area contributed by atoms with Crippen molar-refractivity contribution in [2.45, 2.75) is 93.4 Å². The first-order chi connectivity index (χ1) is 26.2. The molecule has 0 radical (unpaired) electrons.